The van der Waals surface area contributed by atoms with Crippen molar-refractivity contribution in [1.29, 1.82) is 0 Å². The number of anilines is 2. The standard InChI is InChI=1S/C19H18N2O4S/c22-17(14-7-1-2-8-15(14)19(24)25)20-12-5-3-6-13(11-12)21-18(23)16-9-4-10-26-16/h1-6,9-11,14-15H,7-8H2,(H,20,22)(H,21,23)(H,24,25)/t14-,15+/m0/s1. The molecule has 1 heterocycles. The molecule has 0 unspecified atom stereocenters. The lowest BCUT2D eigenvalue weighted by molar-refractivity contribution is -0.146. The van der Waals surface area contributed by atoms with Crippen molar-refractivity contribution in [2.24, 2.45) is 11.8 Å². The van der Waals surface area contributed by atoms with Gasteiger partial charge in [0.25, 0.3) is 5.91 Å². The van der Waals surface area contributed by atoms with E-state index in [1.807, 2.05) is 11.5 Å². The highest BCUT2D eigenvalue weighted by atomic mass is 32.1. The molecule has 3 rings (SSSR count). The van der Waals surface area contributed by atoms with E-state index in [-0.39, 0.29) is 11.8 Å². The van der Waals surface area contributed by atoms with Crippen molar-refractivity contribution in [3.8, 4) is 0 Å². The molecule has 3 N–H and O–H groups in total. The number of carboxylic acid groups (broad SMARTS) is 1. The van der Waals surface area contributed by atoms with Gasteiger partial charge in [-0.3, -0.25) is 14.4 Å². The largest absolute Gasteiger partial charge is 0.481 e. The van der Waals surface area contributed by atoms with Crippen LogP contribution >= 0.6 is 11.3 Å². The summed E-state index contributed by atoms with van der Waals surface area (Å²) in [7, 11) is 0. The maximum absolute atomic E-state index is 12.5. The molecule has 2 atom stereocenters. The number of allylic oxidation sites excluding steroid dienone is 2. The number of hydrogen-bond acceptors (Lipinski definition) is 4. The maximum atomic E-state index is 12.5. The summed E-state index contributed by atoms with van der Waals surface area (Å²) >= 11 is 1.34. The van der Waals surface area contributed by atoms with Gasteiger partial charge in [0, 0.05) is 11.4 Å². The molecule has 26 heavy (non-hydrogen) atoms. The third kappa shape index (κ3) is 4.18. The predicted octanol–water partition coefficient (Wildman–Crippen LogP) is 3.61. The first-order chi connectivity index (χ1) is 12.5. The Balaban J connectivity index is 1.68. The first-order valence-electron chi connectivity index (χ1n) is 8.18. The molecule has 0 aliphatic heterocycles. The zero-order valence-electron chi connectivity index (χ0n) is 13.8. The van der Waals surface area contributed by atoms with Crippen LogP contribution < -0.4 is 10.6 Å². The number of nitrogens with one attached hydrogen (secondary N) is 2. The fraction of sp³-hybridized carbons (Fsp3) is 0.211. The molecule has 1 aliphatic rings. The van der Waals surface area contributed by atoms with Crippen LogP contribution in [0.2, 0.25) is 0 Å². The zero-order valence-corrected chi connectivity index (χ0v) is 14.7. The highest BCUT2D eigenvalue weighted by molar-refractivity contribution is 7.12. The lowest BCUT2D eigenvalue weighted by Crippen LogP contribution is -2.34. The van der Waals surface area contributed by atoms with Gasteiger partial charge >= 0.3 is 5.97 Å². The van der Waals surface area contributed by atoms with Crippen molar-refractivity contribution in [3.05, 3.63) is 58.8 Å². The topological polar surface area (TPSA) is 95.5 Å². The van der Waals surface area contributed by atoms with E-state index in [0.717, 1.165) is 0 Å². The lowest BCUT2D eigenvalue weighted by Gasteiger charge is -2.24. The minimum absolute atomic E-state index is 0.216. The molecule has 0 radical (unpaired) electrons. The van der Waals surface area contributed by atoms with Gasteiger partial charge in [-0.25, -0.2) is 0 Å². The number of carbonyl (C=O) groups is 3. The molecule has 0 bridgehead atoms. The molecule has 2 amide bonds. The van der Waals surface area contributed by atoms with Crippen molar-refractivity contribution in [2.75, 3.05) is 10.6 Å². The summed E-state index contributed by atoms with van der Waals surface area (Å²) in [5.41, 5.74) is 1.07. The van der Waals surface area contributed by atoms with E-state index in [9.17, 15) is 19.5 Å². The second kappa shape index (κ2) is 7.97. The average Bonchev–Trinajstić information content (AvgIpc) is 3.17. The second-order valence-corrected chi connectivity index (χ2v) is 6.94. The van der Waals surface area contributed by atoms with E-state index in [0.29, 0.717) is 29.1 Å². The smallest absolute Gasteiger partial charge is 0.307 e. The summed E-state index contributed by atoms with van der Waals surface area (Å²) < 4.78 is 0. The van der Waals surface area contributed by atoms with E-state index in [1.54, 1.807) is 42.5 Å². The number of hydrogen-bond donors (Lipinski definition) is 3. The first kappa shape index (κ1) is 17.9. The molecule has 0 saturated carbocycles. The SMILES string of the molecule is O=C(Nc1cccc(NC(=O)[C@H]2CC=CC[C@H]2C(=O)O)c1)c1cccs1. The van der Waals surface area contributed by atoms with E-state index < -0.39 is 17.8 Å². The molecule has 0 fully saturated rings. The molecule has 0 spiro atoms. The Morgan fingerprint density at radius 2 is 1.65 bits per heavy atom. The number of carboxylic acids is 1. The van der Waals surface area contributed by atoms with Crippen LogP contribution in [-0.2, 0) is 9.59 Å². The monoisotopic (exact) mass is 370 g/mol. The molecule has 1 aromatic heterocycles. The van der Waals surface area contributed by atoms with Crippen LogP contribution in [-0.4, -0.2) is 22.9 Å². The Morgan fingerprint density at radius 1 is 0.962 bits per heavy atom. The Kier molecular flexibility index (Phi) is 5.48. The summed E-state index contributed by atoms with van der Waals surface area (Å²) in [5.74, 6) is -2.84. The molecular formula is C19H18N2O4S. The summed E-state index contributed by atoms with van der Waals surface area (Å²) in [6.45, 7) is 0. The van der Waals surface area contributed by atoms with E-state index >= 15 is 0 Å². The highest BCUT2D eigenvalue weighted by Gasteiger charge is 2.33. The maximum Gasteiger partial charge on any atom is 0.307 e. The van der Waals surface area contributed by atoms with Crippen LogP contribution in [0.15, 0.2) is 53.9 Å². The molecule has 0 saturated heterocycles. The van der Waals surface area contributed by atoms with E-state index in [4.69, 9.17) is 0 Å². The van der Waals surface area contributed by atoms with Gasteiger partial charge in [0.2, 0.25) is 5.91 Å². The van der Waals surface area contributed by atoms with Gasteiger partial charge in [-0.2, -0.15) is 0 Å². The van der Waals surface area contributed by atoms with Gasteiger partial charge in [-0.15, -0.1) is 11.3 Å². The lowest BCUT2D eigenvalue weighted by atomic mass is 9.82. The number of rotatable bonds is 5. The van der Waals surface area contributed by atoms with Crippen LogP contribution in [0.25, 0.3) is 0 Å². The van der Waals surface area contributed by atoms with Crippen LogP contribution in [0.5, 0.6) is 0 Å². The van der Waals surface area contributed by atoms with Crippen LogP contribution in [0.4, 0.5) is 11.4 Å². The molecule has 7 heteroatoms. The number of carbonyl (C=O) groups excluding carboxylic acids is 2. The van der Waals surface area contributed by atoms with Gasteiger partial charge in [-0.05, 0) is 42.5 Å². The summed E-state index contributed by atoms with van der Waals surface area (Å²) in [6.07, 6.45) is 4.38. The second-order valence-electron chi connectivity index (χ2n) is 6.00. The van der Waals surface area contributed by atoms with Crippen molar-refractivity contribution in [2.45, 2.75) is 12.8 Å². The minimum atomic E-state index is -0.966. The van der Waals surface area contributed by atoms with E-state index in [2.05, 4.69) is 10.6 Å². The average molecular weight is 370 g/mol. The number of aliphatic carboxylic acids is 1. The first-order valence-corrected chi connectivity index (χ1v) is 9.06. The highest BCUT2D eigenvalue weighted by Crippen LogP contribution is 2.27. The van der Waals surface area contributed by atoms with Crippen molar-refractivity contribution >= 4 is 40.5 Å². The van der Waals surface area contributed by atoms with Crippen molar-refractivity contribution < 1.29 is 19.5 Å². The quantitative estimate of drug-likeness (QED) is 0.701. The van der Waals surface area contributed by atoms with Crippen LogP contribution in [0.1, 0.15) is 22.5 Å². The Hall–Kier alpha value is -2.93. The Morgan fingerprint density at radius 3 is 2.31 bits per heavy atom. The van der Waals surface area contributed by atoms with Crippen molar-refractivity contribution in [1.82, 2.24) is 0 Å². The molecule has 1 aliphatic carbocycles. The number of amides is 2. The third-order valence-electron chi connectivity index (χ3n) is 4.22. The normalized spacial score (nSPS) is 18.9. The van der Waals surface area contributed by atoms with Crippen molar-refractivity contribution in [3.63, 3.8) is 0 Å². The van der Waals surface area contributed by atoms with Gasteiger partial charge < -0.3 is 15.7 Å². The van der Waals surface area contributed by atoms with E-state index in [1.165, 1.54) is 11.3 Å². The fourth-order valence-electron chi connectivity index (χ4n) is 2.89. The predicted molar refractivity (Wildman–Crippen MR) is 100 cm³/mol. The molecule has 2 aromatic rings. The van der Waals surface area contributed by atoms with Gasteiger partial charge in [-0.1, -0.05) is 24.3 Å². The Bertz CT molecular complexity index is 845. The van der Waals surface area contributed by atoms with Crippen LogP contribution in [0.3, 0.4) is 0 Å². The molecule has 6 nitrogen and oxygen atoms in total. The molecular weight excluding hydrogens is 352 g/mol. The van der Waals surface area contributed by atoms with Gasteiger partial charge in [0.15, 0.2) is 0 Å². The summed E-state index contributed by atoms with van der Waals surface area (Å²) in [4.78, 5) is 36.6. The zero-order chi connectivity index (χ0) is 18.5. The Labute approximate surface area is 154 Å². The third-order valence-corrected chi connectivity index (χ3v) is 5.09. The number of benzene rings is 1. The van der Waals surface area contributed by atoms with Gasteiger partial charge in [0.05, 0.1) is 16.7 Å². The fourth-order valence-corrected chi connectivity index (χ4v) is 3.51. The molecule has 134 valence electrons. The van der Waals surface area contributed by atoms with Gasteiger partial charge in [0.1, 0.15) is 0 Å². The molecule has 1 aromatic carbocycles. The minimum Gasteiger partial charge on any atom is -0.481 e. The summed E-state index contributed by atoms with van der Waals surface area (Å²) in [6, 6.07) is 10.3. The van der Waals surface area contributed by atoms with Crippen LogP contribution in [0, 0.1) is 11.8 Å². The number of thiophene rings is 1. The summed E-state index contributed by atoms with van der Waals surface area (Å²) in [5, 5.41) is 16.7.